The fourth-order valence-electron chi connectivity index (χ4n) is 2.53. The number of carbonyl (C=O) groups is 2. The first kappa shape index (κ1) is 14.0. The number of hydrogen-bond donors (Lipinski definition) is 2. The third kappa shape index (κ3) is 3.13. The number of carboxylic acids is 1. The lowest BCUT2D eigenvalue weighted by Gasteiger charge is -2.41. The number of nitrogens with one attached hydrogen (secondary N) is 1. The molecule has 0 spiro atoms. The van der Waals surface area contributed by atoms with E-state index in [9.17, 15) is 9.59 Å². The monoisotopic (exact) mass is 269 g/mol. The normalized spacial score (nSPS) is 31.4. The second-order valence-corrected chi connectivity index (χ2v) is 5.09. The Kier molecular flexibility index (Phi) is 4.21. The molecule has 0 aromatic heterocycles. The number of carbonyl (C=O) groups excluding carboxylic acids is 1. The lowest BCUT2D eigenvalue weighted by molar-refractivity contribution is -0.236. The van der Waals surface area contributed by atoms with E-state index < -0.39 is 17.7 Å². The van der Waals surface area contributed by atoms with Crippen molar-refractivity contribution < 1.29 is 24.2 Å². The van der Waals surface area contributed by atoms with E-state index in [2.05, 4.69) is 5.32 Å². The lowest BCUT2D eigenvalue weighted by Crippen LogP contribution is -2.49. The van der Waals surface area contributed by atoms with Crippen LogP contribution in [0.15, 0.2) is 11.6 Å². The fraction of sp³-hybridized carbons (Fsp3) is 0.692. The Morgan fingerprint density at radius 2 is 2.37 bits per heavy atom. The quantitative estimate of drug-likeness (QED) is 0.435. The Morgan fingerprint density at radius 1 is 1.58 bits per heavy atom. The predicted molar refractivity (Wildman–Crippen MR) is 66.4 cm³/mol. The zero-order valence-corrected chi connectivity index (χ0v) is 11.0. The van der Waals surface area contributed by atoms with E-state index in [1.54, 1.807) is 0 Å². The molecule has 0 amide bonds. The summed E-state index contributed by atoms with van der Waals surface area (Å²) in [5, 5.41) is 11.9. The van der Waals surface area contributed by atoms with Gasteiger partial charge < -0.3 is 19.9 Å². The highest BCUT2D eigenvalue weighted by Gasteiger charge is 2.44. The number of aliphatic carboxylic acids is 1. The molecule has 0 radical (unpaired) electrons. The highest BCUT2D eigenvalue weighted by Crippen LogP contribution is 2.37. The summed E-state index contributed by atoms with van der Waals surface area (Å²) in [7, 11) is 0. The maximum atomic E-state index is 11.4. The van der Waals surface area contributed by atoms with Crippen molar-refractivity contribution in [3.05, 3.63) is 11.6 Å². The van der Waals surface area contributed by atoms with Gasteiger partial charge in [0.05, 0.1) is 6.61 Å². The van der Waals surface area contributed by atoms with Crippen LogP contribution >= 0.6 is 0 Å². The molecular formula is C13H19NO5. The van der Waals surface area contributed by atoms with Crippen LogP contribution in [0, 0.1) is 5.92 Å². The summed E-state index contributed by atoms with van der Waals surface area (Å²) in [5.74, 6) is -3.75. The Hall–Kier alpha value is -1.40. The first-order valence-electron chi connectivity index (χ1n) is 6.54. The lowest BCUT2D eigenvalue weighted by atomic mass is 9.88. The number of carboxylic acid groups (broad SMARTS) is 1. The fourth-order valence-corrected chi connectivity index (χ4v) is 2.53. The van der Waals surface area contributed by atoms with E-state index in [0.29, 0.717) is 25.5 Å². The molecule has 2 N–H and O–H groups in total. The highest BCUT2D eigenvalue weighted by atomic mass is 16.7. The second-order valence-electron chi connectivity index (χ2n) is 5.09. The maximum absolute atomic E-state index is 11.4. The van der Waals surface area contributed by atoms with Crippen LogP contribution in [0.2, 0.25) is 0 Å². The van der Waals surface area contributed by atoms with Gasteiger partial charge in [0.2, 0.25) is 5.79 Å². The molecule has 19 heavy (non-hydrogen) atoms. The summed E-state index contributed by atoms with van der Waals surface area (Å²) in [4.78, 5) is 22.1. The zero-order valence-electron chi connectivity index (χ0n) is 11.0. The molecule has 6 nitrogen and oxygen atoms in total. The molecule has 2 unspecified atom stereocenters. The number of hydrogen-bond acceptors (Lipinski definition) is 5. The summed E-state index contributed by atoms with van der Waals surface area (Å²) in [5.41, 5.74) is 0.819. The molecule has 1 fully saturated rings. The van der Waals surface area contributed by atoms with Gasteiger partial charge in [0.1, 0.15) is 0 Å². The van der Waals surface area contributed by atoms with E-state index in [0.717, 1.165) is 25.0 Å². The van der Waals surface area contributed by atoms with Gasteiger partial charge in [0, 0.05) is 18.5 Å². The molecule has 0 bridgehead atoms. The molecule has 2 rings (SSSR count). The van der Waals surface area contributed by atoms with Crippen molar-refractivity contribution in [1.82, 2.24) is 5.32 Å². The predicted octanol–water partition coefficient (Wildman–Crippen LogP) is 0.677. The SMILES string of the molecule is CC1CCOC(OC(=O)C(=O)O)(C2=CCCNC2)C1. The largest absolute Gasteiger partial charge is 0.473 e. The minimum Gasteiger partial charge on any atom is -0.473 e. The van der Waals surface area contributed by atoms with Crippen molar-refractivity contribution in [2.24, 2.45) is 5.92 Å². The Labute approximate surface area is 111 Å². The first-order chi connectivity index (χ1) is 9.03. The van der Waals surface area contributed by atoms with E-state index in [-0.39, 0.29) is 0 Å². The van der Waals surface area contributed by atoms with Gasteiger partial charge in [0.25, 0.3) is 0 Å². The minimum atomic E-state index is -1.59. The Balaban J connectivity index is 2.23. The van der Waals surface area contributed by atoms with Crippen LogP contribution in [-0.4, -0.2) is 42.5 Å². The van der Waals surface area contributed by atoms with Crippen LogP contribution in [-0.2, 0) is 19.1 Å². The van der Waals surface area contributed by atoms with Crippen molar-refractivity contribution in [3.63, 3.8) is 0 Å². The van der Waals surface area contributed by atoms with E-state index in [1.165, 1.54) is 0 Å². The molecule has 106 valence electrons. The average molecular weight is 269 g/mol. The van der Waals surface area contributed by atoms with Gasteiger partial charge in [0.15, 0.2) is 0 Å². The molecule has 2 heterocycles. The summed E-state index contributed by atoms with van der Waals surface area (Å²) in [6, 6.07) is 0. The maximum Gasteiger partial charge on any atom is 0.420 e. The molecular weight excluding hydrogens is 250 g/mol. The standard InChI is InChI=1S/C13H19NO5/c1-9-4-6-18-13(7-9,19-12(17)11(15)16)10-3-2-5-14-8-10/h3,9,14H,2,4-8H2,1H3,(H,15,16). The van der Waals surface area contributed by atoms with Crippen LogP contribution < -0.4 is 5.32 Å². The molecule has 0 aliphatic carbocycles. The van der Waals surface area contributed by atoms with Crippen molar-refractivity contribution in [2.45, 2.75) is 32.0 Å². The number of esters is 1. The van der Waals surface area contributed by atoms with Crippen molar-refractivity contribution in [2.75, 3.05) is 19.7 Å². The molecule has 1 saturated heterocycles. The summed E-state index contributed by atoms with van der Waals surface area (Å²) in [6.45, 7) is 3.93. The summed E-state index contributed by atoms with van der Waals surface area (Å²) in [6.07, 6.45) is 4.18. The molecule has 2 aliphatic heterocycles. The smallest absolute Gasteiger partial charge is 0.420 e. The third-order valence-corrected chi connectivity index (χ3v) is 3.51. The molecule has 0 aromatic rings. The number of ether oxygens (including phenoxy) is 2. The van der Waals surface area contributed by atoms with E-state index in [4.69, 9.17) is 14.6 Å². The van der Waals surface area contributed by atoms with Crippen LogP contribution in [0.1, 0.15) is 26.2 Å². The summed E-state index contributed by atoms with van der Waals surface area (Å²) >= 11 is 0. The first-order valence-corrected chi connectivity index (χ1v) is 6.54. The zero-order chi connectivity index (χ0) is 13.9. The molecule has 2 atom stereocenters. The number of rotatable bonds is 2. The second kappa shape index (κ2) is 5.71. The topological polar surface area (TPSA) is 84.9 Å². The van der Waals surface area contributed by atoms with Gasteiger partial charge in [-0.15, -0.1) is 0 Å². The van der Waals surface area contributed by atoms with Crippen LogP contribution in [0.25, 0.3) is 0 Å². The van der Waals surface area contributed by atoms with Gasteiger partial charge in [-0.25, -0.2) is 9.59 Å². The molecule has 0 saturated carbocycles. The van der Waals surface area contributed by atoms with Crippen molar-refractivity contribution in [1.29, 1.82) is 0 Å². The van der Waals surface area contributed by atoms with Gasteiger partial charge in [-0.2, -0.15) is 0 Å². The molecule has 2 aliphatic rings. The summed E-state index contributed by atoms with van der Waals surface area (Å²) < 4.78 is 10.9. The van der Waals surface area contributed by atoms with Gasteiger partial charge in [-0.1, -0.05) is 13.0 Å². The van der Waals surface area contributed by atoms with Gasteiger partial charge >= 0.3 is 11.9 Å². The van der Waals surface area contributed by atoms with Crippen LogP contribution in [0.5, 0.6) is 0 Å². The van der Waals surface area contributed by atoms with Crippen molar-refractivity contribution >= 4 is 11.9 Å². The van der Waals surface area contributed by atoms with Crippen molar-refractivity contribution in [3.8, 4) is 0 Å². The van der Waals surface area contributed by atoms with E-state index >= 15 is 0 Å². The van der Waals surface area contributed by atoms with Gasteiger partial charge in [-0.05, 0) is 25.3 Å². The van der Waals surface area contributed by atoms with Crippen LogP contribution in [0.4, 0.5) is 0 Å². The Bertz CT molecular complexity index is 406. The molecule has 0 aromatic carbocycles. The third-order valence-electron chi connectivity index (χ3n) is 3.51. The minimum absolute atomic E-state index is 0.318. The van der Waals surface area contributed by atoms with Gasteiger partial charge in [-0.3, -0.25) is 0 Å². The Morgan fingerprint density at radius 3 is 2.95 bits per heavy atom. The van der Waals surface area contributed by atoms with E-state index in [1.807, 2.05) is 13.0 Å². The average Bonchev–Trinajstić information content (AvgIpc) is 2.39. The molecule has 6 heteroatoms. The van der Waals surface area contributed by atoms with Crippen LogP contribution in [0.3, 0.4) is 0 Å². The highest BCUT2D eigenvalue weighted by molar-refractivity contribution is 6.28.